The summed E-state index contributed by atoms with van der Waals surface area (Å²) in [6.45, 7) is 2.11. The molecule has 0 unspecified atom stereocenters. The first kappa shape index (κ1) is 49.6. The van der Waals surface area contributed by atoms with Crippen molar-refractivity contribution in [1.82, 2.24) is 9.62 Å². The molecular formula is C46H44N4O16S2. The van der Waals surface area contributed by atoms with E-state index < -0.39 is 102 Å². The van der Waals surface area contributed by atoms with E-state index in [2.05, 4.69) is 5.32 Å². The number of ether oxygens (including phenoxy) is 1. The summed E-state index contributed by atoms with van der Waals surface area (Å²) in [5.74, 6) is -8.35. The van der Waals surface area contributed by atoms with Gasteiger partial charge in [-0.05, 0) is 110 Å². The SMILES string of the molecule is CC(=O)N(C)c1ccc(S(=O)(=O)Oc2ccc(C(=O)N[C@H]3CN(S(=O)(=O)c4ccc(N(C)C(C)=O)cc4)CCC[C@@H]3OC(=O)c3cc(O)c(C(=O)c4c(O)cccc4C(=O)O)c(O)c3)cc2)cc1. The van der Waals surface area contributed by atoms with Crippen LogP contribution in [0.2, 0.25) is 0 Å². The summed E-state index contributed by atoms with van der Waals surface area (Å²) in [5, 5.41) is 44.4. The number of phenols is 3. The fourth-order valence-corrected chi connectivity index (χ4v) is 9.56. The Balaban J connectivity index is 1.26. The molecule has 1 heterocycles. The number of ketones is 1. The summed E-state index contributed by atoms with van der Waals surface area (Å²) >= 11 is 0. The fraction of sp³-hybridized carbons (Fsp3) is 0.217. The van der Waals surface area contributed by atoms with Gasteiger partial charge in [-0.25, -0.2) is 18.0 Å². The minimum Gasteiger partial charge on any atom is -0.507 e. The molecule has 2 atom stereocenters. The number of aromatic carboxylic acids is 1. The number of carbonyl (C=O) groups excluding carboxylic acids is 5. The molecule has 1 saturated heterocycles. The number of carboxylic acid groups (broad SMARTS) is 1. The summed E-state index contributed by atoms with van der Waals surface area (Å²) in [7, 11) is -5.65. The maximum Gasteiger partial charge on any atom is 0.339 e. The molecule has 1 fully saturated rings. The van der Waals surface area contributed by atoms with Crippen molar-refractivity contribution in [2.24, 2.45) is 0 Å². The number of anilines is 2. The molecule has 0 spiro atoms. The van der Waals surface area contributed by atoms with E-state index in [1.54, 1.807) is 0 Å². The second-order valence-corrected chi connectivity index (χ2v) is 18.9. The molecule has 0 bridgehead atoms. The molecule has 0 aromatic heterocycles. The van der Waals surface area contributed by atoms with Gasteiger partial charge in [-0.3, -0.25) is 19.2 Å². The Bertz CT molecular complexity index is 3010. The van der Waals surface area contributed by atoms with E-state index >= 15 is 0 Å². The number of nitrogens with one attached hydrogen (secondary N) is 1. The highest BCUT2D eigenvalue weighted by Gasteiger charge is 2.37. The number of amides is 3. The maximum atomic E-state index is 14.1. The second kappa shape index (κ2) is 20.0. The quantitative estimate of drug-likeness (QED) is 0.0590. The minimum absolute atomic E-state index is 0.0402. The first-order chi connectivity index (χ1) is 32.0. The van der Waals surface area contributed by atoms with Gasteiger partial charge in [-0.2, -0.15) is 12.7 Å². The van der Waals surface area contributed by atoms with Crippen molar-refractivity contribution in [3.05, 3.63) is 131 Å². The molecule has 0 radical (unpaired) electrons. The van der Waals surface area contributed by atoms with E-state index in [0.717, 1.165) is 28.6 Å². The highest BCUT2D eigenvalue weighted by molar-refractivity contribution is 7.89. The van der Waals surface area contributed by atoms with E-state index in [0.29, 0.717) is 11.4 Å². The van der Waals surface area contributed by atoms with E-state index in [9.17, 15) is 66.0 Å². The van der Waals surface area contributed by atoms with Crippen LogP contribution in [0.15, 0.2) is 113 Å². The topological polar surface area (TPSA) is 292 Å². The lowest BCUT2D eigenvalue weighted by molar-refractivity contribution is -0.117. The van der Waals surface area contributed by atoms with Gasteiger partial charge < -0.3 is 44.5 Å². The number of carbonyl (C=O) groups is 6. The summed E-state index contributed by atoms with van der Waals surface area (Å²) in [6, 6.07) is 19.2. The zero-order valence-corrected chi connectivity index (χ0v) is 38.3. The van der Waals surface area contributed by atoms with Crippen LogP contribution in [0.1, 0.15) is 73.7 Å². The number of benzene rings is 5. The van der Waals surface area contributed by atoms with Crippen molar-refractivity contribution >= 4 is 67.0 Å². The van der Waals surface area contributed by atoms with E-state index in [-0.39, 0.29) is 52.3 Å². The summed E-state index contributed by atoms with van der Waals surface area (Å²) in [4.78, 5) is 78.7. The third-order valence-corrected chi connectivity index (χ3v) is 14.2. The van der Waals surface area contributed by atoms with Gasteiger partial charge in [0.25, 0.3) is 5.91 Å². The molecule has 356 valence electrons. The Morgan fingerprint density at radius 1 is 0.691 bits per heavy atom. The van der Waals surface area contributed by atoms with E-state index in [1.807, 2.05) is 0 Å². The molecule has 1 aliphatic rings. The average molecular weight is 973 g/mol. The second-order valence-electron chi connectivity index (χ2n) is 15.5. The number of hydrogen-bond donors (Lipinski definition) is 5. The van der Waals surface area contributed by atoms with Crippen molar-refractivity contribution in [1.29, 1.82) is 0 Å². The van der Waals surface area contributed by atoms with Gasteiger partial charge in [0, 0.05) is 58.0 Å². The number of sulfonamides is 1. The van der Waals surface area contributed by atoms with Crippen LogP contribution in [0.4, 0.5) is 11.4 Å². The largest absolute Gasteiger partial charge is 0.507 e. The Morgan fingerprint density at radius 3 is 1.76 bits per heavy atom. The van der Waals surface area contributed by atoms with Crippen LogP contribution in [-0.2, 0) is 34.5 Å². The molecule has 5 aromatic carbocycles. The molecule has 5 N–H and O–H groups in total. The maximum absolute atomic E-state index is 14.1. The van der Waals surface area contributed by atoms with Crippen LogP contribution in [0.25, 0.3) is 0 Å². The Kier molecular flexibility index (Phi) is 14.6. The lowest BCUT2D eigenvalue weighted by atomic mass is 9.95. The lowest BCUT2D eigenvalue weighted by Crippen LogP contribution is -2.51. The molecular weight excluding hydrogens is 929 g/mol. The number of esters is 1. The summed E-state index contributed by atoms with van der Waals surface area (Å²) in [6.07, 6.45) is -1.24. The monoisotopic (exact) mass is 972 g/mol. The van der Waals surface area contributed by atoms with Crippen molar-refractivity contribution in [2.75, 3.05) is 37.0 Å². The third kappa shape index (κ3) is 10.7. The van der Waals surface area contributed by atoms with Gasteiger partial charge in [0.1, 0.15) is 39.6 Å². The van der Waals surface area contributed by atoms with Gasteiger partial charge in [-0.1, -0.05) is 6.07 Å². The highest BCUT2D eigenvalue weighted by Crippen LogP contribution is 2.35. The molecule has 0 saturated carbocycles. The van der Waals surface area contributed by atoms with Gasteiger partial charge in [0.15, 0.2) is 0 Å². The Labute approximate surface area is 389 Å². The van der Waals surface area contributed by atoms with Gasteiger partial charge in [-0.15, -0.1) is 0 Å². The number of hydrogen-bond acceptors (Lipinski definition) is 15. The van der Waals surface area contributed by atoms with Crippen LogP contribution in [0.3, 0.4) is 0 Å². The number of nitrogens with zero attached hydrogens (tertiary/aromatic N) is 3. The lowest BCUT2D eigenvalue weighted by Gasteiger charge is -2.29. The van der Waals surface area contributed by atoms with Crippen LogP contribution < -0.4 is 19.3 Å². The first-order valence-corrected chi connectivity index (χ1v) is 23.3. The summed E-state index contributed by atoms with van der Waals surface area (Å²) < 4.78 is 66.5. The molecule has 3 amide bonds. The van der Waals surface area contributed by atoms with Crippen LogP contribution >= 0.6 is 0 Å². The van der Waals surface area contributed by atoms with Crippen molar-refractivity contribution in [2.45, 2.75) is 48.6 Å². The van der Waals surface area contributed by atoms with Crippen LogP contribution in [-0.4, -0.2) is 116 Å². The number of carboxylic acids is 1. The van der Waals surface area contributed by atoms with E-state index in [4.69, 9.17) is 8.92 Å². The highest BCUT2D eigenvalue weighted by atomic mass is 32.2. The molecule has 1 aliphatic heterocycles. The van der Waals surface area contributed by atoms with Crippen LogP contribution in [0.5, 0.6) is 23.0 Å². The number of phenolic OH excluding ortho intramolecular Hbond substituents is 3. The molecule has 22 heteroatoms. The van der Waals surface area contributed by atoms with Crippen molar-refractivity contribution < 1.29 is 74.9 Å². The molecule has 20 nitrogen and oxygen atoms in total. The number of aromatic hydroxyl groups is 3. The fourth-order valence-electron chi connectivity index (χ4n) is 7.13. The Hall–Kier alpha value is -7.82. The zero-order valence-electron chi connectivity index (χ0n) is 36.6. The molecule has 0 aliphatic carbocycles. The average Bonchev–Trinajstić information content (AvgIpc) is 3.50. The molecule has 6 rings (SSSR count). The molecule has 5 aromatic rings. The van der Waals surface area contributed by atoms with Gasteiger partial charge >= 0.3 is 22.1 Å². The zero-order chi connectivity index (χ0) is 49.8. The van der Waals surface area contributed by atoms with E-state index in [1.165, 1.54) is 117 Å². The van der Waals surface area contributed by atoms with Gasteiger partial charge in [0.2, 0.25) is 27.6 Å². The summed E-state index contributed by atoms with van der Waals surface area (Å²) in [5.41, 5.74) is -1.92. The van der Waals surface area contributed by atoms with Crippen molar-refractivity contribution in [3.63, 3.8) is 0 Å². The smallest absolute Gasteiger partial charge is 0.339 e. The minimum atomic E-state index is -4.37. The van der Waals surface area contributed by atoms with Crippen LogP contribution in [0, 0.1) is 0 Å². The third-order valence-electron chi connectivity index (χ3n) is 11.0. The Morgan fingerprint density at radius 2 is 1.24 bits per heavy atom. The predicted molar refractivity (Wildman–Crippen MR) is 242 cm³/mol. The normalized spacial score (nSPS) is 15.3. The first-order valence-electron chi connectivity index (χ1n) is 20.4. The number of rotatable bonds is 14. The standard InChI is InChI=1S/C46H44N4O16S2/c1-26(51)48(3)30-12-18-33(19-13-30)67(61,62)50-22-6-9-40(65-46(60)29-23-38(54)42(39(55)24-29)43(56)41-35(45(58)59)7-5-8-37(41)53)36(25-50)47-44(57)28-10-16-32(17-11-28)66-68(63,64)34-20-14-31(15-21-34)49(4)27(2)52/h5,7-8,10-21,23-24,36,40,53-55H,6,9,22,25H2,1-4H3,(H,47,57)(H,58,59)/t36-,40-/m0/s1. The molecule has 68 heavy (non-hydrogen) atoms. The van der Waals surface area contributed by atoms with Gasteiger partial charge in [0.05, 0.1) is 27.6 Å². The predicted octanol–water partition coefficient (Wildman–Crippen LogP) is 4.27. The van der Waals surface area contributed by atoms with Crippen molar-refractivity contribution in [3.8, 4) is 23.0 Å².